The number of halogens is 2. The molecule has 110 valence electrons. The van der Waals surface area contributed by atoms with Crippen LogP contribution in [0.4, 0.5) is 4.39 Å². The van der Waals surface area contributed by atoms with E-state index >= 15 is 0 Å². The highest BCUT2D eigenvalue weighted by atomic mass is 35.5. The maximum atomic E-state index is 13.9. The van der Waals surface area contributed by atoms with Gasteiger partial charge < -0.3 is 10.1 Å². The molecule has 0 bridgehead atoms. The van der Waals surface area contributed by atoms with Crippen LogP contribution in [0.15, 0.2) is 36.4 Å². The van der Waals surface area contributed by atoms with Gasteiger partial charge in [-0.3, -0.25) is 0 Å². The van der Waals surface area contributed by atoms with Crippen molar-refractivity contribution in [3.63, 3.8) is 0 Å². The highest BCUT2D eigenvalue weighted by Gasteiger charge is 2.23. The molecule has 2 nitrogen and oxygen atoms in total. The van der Waals surface area contributed by atoms with Gasteiger partial charge in [0, 0.05) is 23.0 Å². The van der Waals surface area contributed by atoms with Crippen molar-refractivity contribution >= 4 is 11.6 Å². The highest BCUT2D eigenvalue weighted by molar-refractivity contribution is 6.30. The standard InChI is InChI=1S/C17H17ClFNO/c1-20-16(9-11-4-2-3-5-15(11)19)14-10-13(18)8-12-6-7-21-17(12)14/h2-5,8,10,16,20H,6-7,9H2,1H3. The molecule has 1 unspecified atom stereocenters. The van der Waals surface area contributed by atoms with E-state index in [0.29, 0.717) is 23.6 Å². The fourth-order valence-corrected chi connectivity index (χ4v) is 3.06. The van der Waals surface area contributed by atoms with Crippen molar-refractivity contribution < 1.29 is 9.13 Å². The lowest BCUT2D eigenvalue weighted by Gasteiger charge is -2.20. The number of ether oxygens (including phenoxy) is 1. The van der Waals surface area contributed by atoms with E-state index in [9.17, 15) is 4.39 Å². The molecule has 0 saturated carbocycles. The minimum absolute atomic E-state index is 0.0348. The summed E-state index contributed by atoms with van der Waals surface area (Å²) in [6, 6.07) is 10.7. The van der Waals surface area contributed by atoms with Crippen molar-refractivity contribution in [2.45, 2.75) is 18.9 Å². The van der Waals surface area contributed by atoms with E-state index in [2.05, 4.69) is 5.32 Å². The summed E-state index contributed by atoms with van der Waals surface area (Å²) in [5.74, 6) is 0.715. The summed E-state index contributed by atoms with van der Waals surface area (Å²) in [6.45, 7) is 0.679. The molecule has 1 aliphatic rings. The van der Waals surface area contributed by atoms with Crippen LogP contribution >= 0.6 is 11.6 Å². The third-order valence-corrected chi connectivity index (χ3v) is 4.10. The van der Waals surface area contributed by atoms with Gasteiger partial charge in [0.15, 0.2) is 0 Å². The van der Waals surface area contributed by atoms with Gasteiger partial charge in [0.25, 0.3) is 0 Å². The van der Waals surface area contributed by atoms with Crippen LogP contribution in [0.1, 0.15) is 22.7 Å². The van der Waals surface area contributed by atoms with Crippen molar-refractivity contribution in [1.82, 2.24) is 5.32 Å². The lowest BCUT2D eigenvalue weighted by molar-refractivity contribution is 0.349. The smallest absolute Gasteiger partial charge is 0.127 e. The number of hydrogen-bond acceptors (Lipinski definition) is 2. The molecule has 2 aromatic carbocycles. The molecule has 0 amide bonds. The molecule has 1 atom stereocenters. The maximum absolute atomic E-state index is 13.9. The van der Waals surface area contributed by atoms with Gasteiger partial charge in [-0.05, 0) is 42.8 Å². The summed E-state index contributed by atoms with van der Waals surface area (Å²) in [4.78, 5) is 0. The molecular weight excluding hydrogens is 289 g/mol. The Morgan fingerprint density at radius 1 is 1.33 bits per heavy atom. The van der Waals surface area contributed by atoms with Gasteiger partial charge in [-0.15, -0.1) is 0 Å². The van der Waals surface area contributed by atoms with Gasteiger partial charge >= 0.3 is 0 Å². The molecule has 0 spiro atoms. The Kier molecular flexibility index (Phi) is 4.13. The molecule has 1 aliphatic heterocycles. The molecule has 2 aromatic rings. The molecule has 3 rings (SSSR count). The fourth-order valence-electron chi connectivity index (χ4n) is 2.81. The molecule has 1 heterocycles. The van der Waals surface area contributed by atoms with Crippen molar-refractivity contribution in [2.24, 2.45) is 0 Å². The van der Waals surface area contributed by atoms with Crippen LogP contribution in [0.2, 0.25) is 5.02 Å². The molecule has 21 heavy (non-hydrogen) atoms. The Balaban J connectivity index is 1.96. The number of likely N-dealkylation sites (N-methyl/N-ethyl adjacent to an activating group) is 1. The normalized spacial score (nSPS) is 14.6. The van der Waals surface area contributed by atoms with E-state index < -0.39 is 0 Å². The van der Waals surface area contributed by atoms with Gasteiger partial charge in [-0.25, -0.2) is 4.39 Å². The van der Waals surface area contributed by atoms with E-state index in [1.807, 2.05) is 31.3 Å². The summed E-state index contributed by atoms with van der Waals surface area (Å²) in [7, 11) is 1.87. The molecule has 0 saturated heterocycles. The zero-order valence-corrected chi connectivity index (χ0v) is 12.6. The summed E-state index contributed by atoms with van der Waals surface area (Å²) < 4.78 is 19.6. The molecule has 0 radical (unpaired) electrons. The summed E-state index contributed by atoms with van der Waals surface area (Å²) >= 11 is 6.21. The topological polar surface area (TPSA) is 21.3 Å². The summed E-state index contributed by atoms with van der Waals surface area (Å²) in [5, 5.41) is 3.94. The van der Waals surface area contributed by atoms with Gasteiger partial charge in [0.1, 0.15) is 11.6 Å². The zero-order chi connectivity index (χ0) is 14.8. The number of hydrogen-bond donors (Lipinski definition) is 1. The average Bonchev–Trinajstić information content (AvgIpc) is 2.94. The first kappa shape index (κ1) is 14.4. The van der Waals surface area contributed by atoms with Crippen LogP contribution in [0.5, 0.6) is 5.75 Å². The Labute approximate surface area is 128 Å². The average molecular weight is 306 g/mol. The lowest BCUT2D eigenvalue weighted by Crippen LogP contribution is -2.20. The SMILES string of the molecule is CNC(Cc1ccccc1F)c1cc(Cl)cc2c1OCC2. The predicted octanol–water partition coefficient (Wildman–Crippen LogP) is 3.92. The van der Waals surface area contributed by atoms with E-state index in [0.717, 1.165) is 23.3 Å². The first-order chi connectivity index (χ1) is 10.2. The van der Waals surface area contributed by atoms with Gasteiger partial charge in [0.05, 0.1) is 6.61 Å². The third kappa shape index (κ3) is 2.89. The third-order valence-electron chi connectivity index (χ3n) is 3.88. The van der Waals surface area contributed by atoms with Gasteiger partial charge in [-0.1, -0.05) is 29.8 Å². The summed E-state index contributed by atoms with van der Waals surface area (Å²) in [5.41, 5.74) is 2.82. The predicted molar refractivity (Wildman–Crippen MR) is 82.6 cm³/mol. The Morgan fingerprint density at radius 3 is 2.90 bits per heavy atom. The number of rotatable bonds is 4. The van der Waals surface area contributed by atoms with Crippen molar-refractivity contribution in [1.29, 1.82) is 0 Å². The minimum atomic E-state index is -0.183. The zero-order valence-electron chi connectivity index (χ0n) is 11.8. The van der Waals surface area contributed by atoms with Crippen molar-refractivity contribution in [2.75, 3.05) is 13.7 Å². The minimum Gasteiger partial charge on any atom is -0.493 e. The van der Waals surface area contributed by atoms with E-state index in [1.54, 1.807) is 6.07 Å². The molecule has 4 heteroatoms. The molecule has 0 aliphatic carbocycles. The van der Waals surface area contributed by atoms with E-state index in [-0.39, 0.29) is 11.9 Å². The largest absolute Gasteiger partial charge is 0.493 e. The lowest BCUT2D eigenvalue weighted by atomic mass is 9.96. The first-order valence-corrected chi connectivity index (χ1v) is 7.42. The summed E-state index contributed by atoms with van der Waals surface area (Å²) in [6.07, 6.45) is 1.43. The van der Waals surface area contributed by atoms with Crippen LogP contribution in [0.3, 0.4) is 0 Å². The first-order valence-electron chi connectivity index (χ1n) is 7.05. The molecule has 1 N–H and O–H groups in total. The Morgan fingerprint density at radius 2 is 2.14 bits per heavy atom. The fraction of sp³-hybridized carbons (Fsp3) is 0.294. The van der Waals surface area contributed by atoms with E-state index in [1.165, 1.54) is 6.07 Å². The monoisotopic (exact) mass is 305 g/mol. The van der Waals surface area contributed by atoms with Crippen LogP contribution in [0, 0.1) is 5.82 Å². The highest BCUT2D eigenvalue weighted by Crippen LogP contribution is 2.37. The van der Waals surface area contributed by atoms with Crippen molar-refractivity contribution in [3.05, 3.63) is 63.9 Å². The second-order valence-electron chi connectivity index (χ2n) is 5.22. The van der Waals surface area contributed by atoms with Crippen molar-refractivity contribution in [3.8, 4) is 5.75 Å². The van der Waals surface area contributed by atoms with Crippen LogP contribution in [-0.4, -0.2) is 13.7 Å². The van der Waals surface area contributed by atoms with Crippen LogP contribution in [0.25, 0.3) is 0 Å². The molecule has 0 aromatic heterocycles. The van der Waals surface area contributed by atoms with Crippen LogP contribution < -0.4 is 10.1 Å². The van der Waals surface area contributed by atoms with Gasteiger partial charge in [0.2, 0.25) is 0 Å². The van der Waals surface area contributed by atoms with Crippen LogP contribution in [-0.2, 0) is 12.8 Å². The number of nitrogens with one attached hydrogen (secondary N) is 1. The number of benzene rings is 2. The molecule has 0 fully saturated rings. The quantitative estimate of drug-likeness (QED) is 0.924. The second kappa shape index (κ2) is 6.04. The Hall–Kier alpha value is -1.58. The second-order valence-corrected chi connectivity index (χ2v) is 5.65. The van der Waals surface area contributed by atoms with E-state index in [4.69, 9.17) is 16.3 Å². The Bertz CT molecular complexity index is 659. The maximum Gasteiger partial charge on any atom is 0.127 e. The van der Waals surface area contributed by atoms with Gasteiger partial charge in [-0.2, -0.15) is 0 Å². The number of fused-ring (bicyclic) bond motifs is 1. The molecular formula is C17H17ClFNO.